The number of esters is 1. The molecule has 2 N–H and O–H groups in total. The van der Waals surface area contributed by atoms with Crippen molar-refractivity contribution in [3.63, 3.8) is 0 Å². The van der Waals surface area contributed by atoms with E-state index >= 15 is 0 Å². The molecule has 1 unspecified atom stereocenters. The van der Waals surface area contributed by atoms with Crippen LogP contribution in [0.1, 0.15) is 13.3 Å². The number of carbonyl (C=O) groups is 1. The van der Waals surface area contributed by atoms with Gasteiger partial charge < -0.3 is 15.3 Å². The van der Waals surface area contributed by atoms with Gasteiger partial charge in [-0.25, -0.2) is 4.79 Å². The molecule has 0 amide bonds. The maximum Gasteiger partial charge on any atom is 0.350 e. The lowest BCUT2D eigenvalue weighted by molar-refractivity contribution is -0.154. The van der Waals surface area contributed by atoms with Gasteiger partial charge in [-0.1, -0.05) is 5.16 Å². The highest BCUT2D eigenvalue weighted by atomic mass is 35.5. The van der Waals surface area contributed by atoms with Crippen molar-refractivity contribution in [3.05, 3.63) is 0 Å². The van der Waals surface area contributed by atoms with Crippen LogP contribution in [0.15, 0.2) is 5.16 Å². The summed E-state index contributed by atoms with van der Waals surface area (Å²) in [6.45, 7) is 2.43. The fraction of sp³-hybridized carbons (Fsp3) is 0.714. The summed E-state index contributed by atoms with van der Waals surface area (Å²) in [5, 5.41) is 3.63. The van der Waals surface area contributed by atoms with Crippen LogP contribution in [0.4, 0.5) is 0 Å². The summed E-state index contributed by atoms with van der Waals surface area (Å²) >= 11 is 0. The average Bonchev–Trinajstić information content (AvgIpc) is 2.52. The second-order valence-corrected chi connectivity index (χ2v) is 2.41. The third kappa shape index (κ3) is 3.20. The number of ether oxygens (including phenoxy) is 1. The van der Waals surface area contributed by atoms with Crippen molar-refractivity contribution in [2.24, 2.45) is 10.9 Å². The van der Waals surface area contributed by atoms with E-state index in [2.05, 4.69) is 5.16 Å². The van der Waals surface area contributed by atoms with Gasteiger partial charge in [-0.3, -0.25) is 0 Å². The largest absolute Gasteiger partial charge is 0.463 e. The zero-order valence-electron chi connectivity index (χ0n) is 7.36. The summed E-state index contributed by atoms with van der Waals surface area (Å²) in [6, 6.07) is 0. The Morgan fingerprint density at radius 1 is 1.85 bits per heavy atom. The quantitative estimate of drug-likeness (QED) is 0.667. The first-order chi connectivity index (χ1) is 5.77. The topological polar surface area (TPSA) is 73.9 Å². The Morgan fingerprint density at radius 2 is 2.54 bits per heavy atom. The molecule has 0 saturated heterocycles. The molecule has 0 saturated carbocycles. The molecule has 1 heterocycles. The second kappa shape index (κ2) is 5.77. The predicted octanol–water partition coefficient (Wildman–Crippen LogP) is 0.0749. The van der Waals surface area contributed by atoms with Crippen molar-refractivity contribution in [1.29, 1.82) is 0 Å². The fourth-order valence-electron chi connectivity index (χ4n) is 0.909. The van der Waals surface area contributed by atoms with Crippen LogP contribution in [0, 0.1) is 0 Å². The van der Waals surface area contributed by atoms with E-state index in [9.17, 15) is 4.79 Å². The molecule has 1 aliphatic rings. The highest BCUT2D eigenvalue weighted by Gasteiger charge is 2.28. The number of hydrogen-bond acceptors (Lipinski definition) is 5. The van der Waals surface area contributed by atoms with E-state index in [1.165, 1.54) is 0 Å². The zero-order valence-corrected chi connectivity index (χ0v) is 8.17. The van der Waals surface area contributed by atoms with Gasteiger partial charge in [-0.2, -0.15) is 0 Å². The molecule has 0 aromatic heterocycles. The van der Waals surface area contributed by atoms with Crippen molar-refractivity contribution in [2.45, 2.75) is 19.4 Å². The first-order valence-corrected chi connectivity index (χ1v) is 3.86. The van der Waals surface area contributed by atoms with Crippen LogP contribution in [0.5, 0.6) is 0 Å². The summed E-state index contributed by atoms with van der Waals surface area (Å²) < 4.78 is 4.74. The molecule has 1 aliphatic heterocycles. The lowest BCUT2D eigenvalue weighted by atomic mass is 10.2. The molecule has 13 heavy (non-hydrogen) atoms. The van der Waals surface area contributed by atoms with Gasteiger partial charge in [0, 0.05) is 13.0 Å². The standard InChI is InChI=1S/C7H12N2O3.ClH/c1-2-11-7(10)6-3-5(4-8)9-12-6;/h6H,2-4,8H2,1H3;1H. The van der Waals surface area contributed by atoms with E-state index in [1.807, 2.05) is 0 Å². The first-order valence-electron chi connectivity index (χ1n) is 3.86. The zero-order chi connectivity index (χ0) is 8.97. The van der Waals surface area contributed by atoms with Gasteiger partial charge in [-0.15, -0.1) is 12.4 Å². The van der Waals surface area contributed by atoms with Gasteiger partial charge >= 0.3 is 5.97 Å². The van der Waals surface area contributed by atoms with Gasteiger partial charge in [-0.05, 0) is 6.92 Å². The van der Waals surface area contributed by atoms with Crippen LogP contribution in [0.3, 0.4) is 0 Å². The van der Waals surface area contributed by atoms with Gasteiger partial charge in [0.2, 0.25) is 6.10 Å². The van der Waals surface area contributed by atoms with Gasteiger partial charge in [0.15, 0.2) is 0 Å². The molecule has 0 fully saturated rings. The maximum absolute atomic E-state index is 11.0. The van der Waals surface area contributed by atoms with Crippen molar-refractivity contribution in [3.8, 4) is 0 Å². The van der Waals surface area contributed by atoms with Gasteiger partial charge in [0.05, 0.1) is 12.3 Å². The Hall–Kier alpha value is -0.810. The Balaban J connectivity index is 0.00000144. The number of nitrogens with two attached hydrogens (primary N) is 1. The lowest BCUT2D eigenvalue weighted by Gasteiger charge is -2.05. The molecule has 6 heteroatoms. The van der Waals surface area contributed by atoms with E-state index in [4.69, 9.17) is 15.3 Å². The summed E-state index contributed by atoms with van der Waals surface area (Å²) in [6.07, 6.45) is -0.126. The molecule has 0 bridgehead atoms. The van der Waals surface area contributed by atoms with E-state index < -0.39 is 6.10 Å². The highest BCUT2D eigenvalue weighted by Crippen LogP contribution is 2.10. The summed E-state index contributed by atoms with van der Waals surface area (Å²) in [4.78, 5) is 15.8. The summed E-state index contributed by atoms with van der Waals surface area (Å²) in [5.74, 6) is -0.371. The number of carbonyl (C=O) groups excluding carboxylic acids is 1. The molecule has 1 rings (SSSR count). The molecule has 76 valence electrons. The smallest absolute Gasteiger partial charge is 0.350 e. The minimum Gasteiger partial charge on any atom is -0.463 e. The third-order valence-corrected chi connectivity index (χ3v) is 1.52. The minimum absolute atomic E-state index is 0. The first kappa shape index (κ1) is 12.2. The van der Waals surface area contributed by atoms with Crippen LogP contribution >= 0.6 is 12.4 Å². The Kier molecular flexibility index (Phi) is 5.41. The van der Waals surface area contributed by atoms with E-state index in [0.29, 0.717) is 25.3 Å². The van der Waals surface area contributed by atoms with Crippen LogP contribution in [0.2, 0.25) is 0 Å². The van der Waals surface area contributed by atoms with Crippen LogP contribution < -0.4 is 5.73 Å². The molecule has 0 radical (unpaired) electrons. The Morgan fingerprint density at radius 3 is 3.00 bits per heavy atom. The van der Waals surface area contributed by atoms with Crippen molar-refractivity contribution in [2.75, 3.05) is 13.2 Å². The Bertz CT molecular complexity index is 208. The molecular formula is C7H13ClN2O3. The van der Waals surface area contributed by atoms with E-state index in [0.717, 1.165) is 0 Å². The highest BCUT2D eigenvalue weighted by molar-refractivity contribution is 5.92. The van der Waals surface area contributed by atoms with Crippen molar-refractivity contribution in [1.82, 2.24) is 0 Å². The second-order valence-electron chi connectivity index (χ2n) is 2.41. The molecule has 0 aliphatic carbocycles. The average molecular weight is 209 g/mol. The van der Waals surface area contributed by atoms with Gasteiger partial charge in [0.1, 0.15) is 0 Å². The van der Waals surface area contributed by atoms with E-state index in [1.54, 1.807) is 6.92 Å². The van der Waals surface area contributed by atoms with Crippen LogP contribution in [-0.2, 0) is 14.4 Å². The molecule has 5 nitrogen and oxygen atoms in total. The lowest BCUT2D eigenvalue weighted by Crippen LogP contribution is -2.24. The number of halogens is 1. The number of nitrogens with zero attached hydrogens (tertiary/aromatic N) is 1. The van der Waals surface area contributed by atoms with Crippen LogP contribution in [-0.4, -0.2) is 30.9 Å². The van der Waals surface area contributed by atoms with Crippen molar-refractivity contribution < 1.29 is 14.4 Å². The number of hydrogen-bond donors (Lipinski definition) is 1. The van der Waals surface area contributed by atoms with E-state index in [-0.39, 0.29) is 18.4 Å². The molecular weight excluding hydrogens is 196 g/mol. The maximum atomic E-state index is 11.0. The predicted molar refractivity (Wildman–Crippen MR) is 49.9 cm³/mol. The minimum atomic E-state index is -0.580. The van der Waals surface area contributed by atoms with Crippen LogP contribution in [0.25, 0.3) is 0 Å². The monoisotopic (exact) mass is 208 g/mol. The SMILES string of the molecule is CCOC(=O)C1CC(CN)=NO1.Cl. The summed E-state index contributed by atoms with van der Waals surface area (Å²) in [5.41, 5.74) is 6.01. The number of rotatable bonds is 3. The summed E-state index contributed by atoms with van der Waals surface area (Å²) in [7, 11) is 0. The molecule has 0 spiro atoms. The third-order valence-electron chi connectivity index (χ3n) is 1.52. The normalized spacial score (nSPS) is 19.8. The van der Waals surface area contributed by atoms with Gasteiger partial charge in [0.25, 0.3) is 0 Å². The fourth-order valence-corrected chi connectivity index (χ4v) is 0.909. The Labute approximate surface area is 82.7 Å². The van der Waals surface area contributed by atoms with Crippen molar-refractivity contribution >= 4 is 24.1 Å². The number of oxime groups is 1. The molecule has 0 aromatic carbocycles. The molecule has 0 aromatic rings. The molecule has 1 atom stereocenters.